The molecule has 0 radical (unpaired) electrons. The molecular weight excluding hydrogens is 284 g/mol. The lowest BCUT2D eigenvalue weighted by Gasteiger charge is -2.13. The van der Waals surface area contributed by atoms with E-state index >= 15 is 0 Å². The molecule has 0 saturated carbocycles. The molecule has 0 saturated heterocycles. The van der Waals surface area contributed by atoms with E-state index in [0.29, 0.717) is 22.8 Å². The van der Waals surface area contributed by atoms with E-state index in [1.165, 1.54) is 33.5 Å². The Bertz CT molecular complexity index is 605. The van der Waals surface area contributed by atoms with E-state index in [-0.39, 0.29) is 12.1 Å². The standard InChI is InChI=1S/C16H18N2O4/c1-5-6-18-16(19)12(10-17)7-11-8-13(20-2)15(22-4)14(9-11)21-3/h5,7-9H,1,6H2,2-4H3,(H,18,19)/b12-7+. The Morgan fingerprint density at radius 2 is 1.86 bits per heavy atom. The molecule has 0 spiro atoms. The van der Waals surface area contributed by atoms with E-state index in [2.05, 4.69) is 11.9 Å². The maximum atomic E-state index is 11.8. The lowest BCUT2D eigenvalue weighted by atomic mass is 10.1. The van der Waals surface area contributed by atoms with Gasteiger partial charge in [-0.15, -0.1) is 6.58 Å². The van der Waals surface area contributed by atoms with Crippen LogP contribution in [0.25, 0.3) is 6.08 Å². The first kappa shape index (κ1) is 17.1. The molecule has 6 nitrogen and oxygen atoms in total. The maximum Gasteiger partial charge on any atom is 0.262 e. The van der Waals surface area contributed by atoms with Gasteiger partial charge in [-0.3, -0.25) is 4.79 Å². The Morgan fingerprint density at radius 1 is 1.27 bits per heavy atom. The van der Waals surface area contributed by atoms with Gasteiger partial charge in [-0.1, -0.05) is 6.08 Å². The van der Waals surface area contributed by atoms with Crippen molar-refractivity contribution < 1.29 is 19.0 Å². The van der Waals surface area contributed by atoms with Gasteiger partial charge in [0.2, 0.25) is 5.75 Å². The molecule has 0 heterocycles. The van der Waals surface area contributed by atoms with Crippen molar-refractivity contribution in [1.29, 1.82) is 5.26 Å². The summed E-state index contributed by atoms with van der Waals surface area (Å²) in [6, 6.07) is 5.17. The van der Waals surface area contributed by atoms with E-state index < -0.39 is 5.91 Å². The van der Waals surface area contributed by atoms with E-state index in [9.17, 15) is 4.79 Å². The zero-order chi connectivity index (χ0) is 16.5. The highest BCUT2D eigenvalue weighted by Crippen LogP contribution is 2.38. The van der Waals surface area contributed by atoms with Crippen molar-refractivity contribution >= 4 is 12.0 Å². The minimum Gasteiger partial charge on any atom is -0.493 e. The molecule has 22 heavy (non-hydrogen) atoms. The van der Waals surface area contributed by atoms with Crippen LogP contribution in [0.1, 0.15) is 5.56 Å². The molecule has 0 atom stereocenters. The number of carbonyl (C=O) groups excluding carboxylic acids is 1. The highest BCUT2D eigenvalue weighted by Gasteiger charge is 2.14. The van der Waals surface area contributed by atoms with Gasteiger partial charge in [-0.2, -0.15) is 5.26 Å². The first-order valence-corrected chi connectivity index (χ1v) is 6.42. The first-order valence-electron chi connectivity index (χ1n) is 6.42. The Morgan fingerprint density at radius 3 is 2.27 bits per heavy atom. The molecule has 1 rings (SSSR count). The number of ether oxygens (including phenoxy) is 3. The number of carbonyl (C=O) groups is 1. The fourth-order valence-corrected chi connectivity index (χ4v) is 1.76. The third-order valence-corrected chi connectivity index (χ3v) is 2.77. The van der Waals surface area contributed by atoms with Crippen LogP contribution in [-0.4, -0.2) is 33.8 Å². The van der Waals surface area contributed by atoms with Gasteiger partial charge in [0.15, 0.2) is 11.5 Å². The van der Waals surface area contributed by atoms with E-state index in [4.69, 9.17) is 19.5 Å². The number of rotatable bonds is 7. The van der Waals surface area contributed by atoms with Crippen LogP contribution in [0.15, 0.2) is 30.4 Å². The Kier molecular flexibility index (Phi) is 6.51. The Hall–Kier alpha value is -2.94. The molecule has 0 fully saturated rings. The van der Waals surface area contributed by atoms with E-state index in [1.807, 2.05) is 6.07 Å². The van der Waals surface area contributed by atoms with Gasteiger partial charge >= 0.3 is 0 Å². The smallest absolute Gasteiger partial charge is 0.262 e. The molecule has 0 unspecified atom stereocenters. The van der Waals surface area contributed by atoms with E-state index in [1.54, 1.807) is 12.1 Å². The van der Waals surface area contributed by atoms with Crippen LogP contribution in [0.4, 0.5) is 0 Å². The lowest BCUT2D eigenvalue weighted by Crippen LogP contribution is -2.24. The van der Waals surface area contributed by atoms with Gasteiger partial charge in [0.1, 0.15) is 11.6 Å². The normalized spacial score (nSPS) is 10.4. The van der Waals surface area contributed by atoms with Crippen molar-refractivity contribution in [3.8, 4) is 23.3 Å². The summed E-state index contributed by atoms with van der Waals surface area (Å²) in [4.78, 5) is 11.8. The summed E-state index contributed by atoms with van der Waals surface area (Å²) in [5.74, 6) is 0.849. The van der Waals surface area contributed by atoms with Crippen molar-refractivity contribution in [2.45, 2.75) is 0 Å². The predicted molar refractivity (Wildman–Crippen MR) is 82.9 cm³/mol. The van der Waals surface area contributed by atoms with Gasteiger partial charge in [0, 0.05) is 6.54 Å². The summed E-state index contributed by atoms with van der Waals surface area (Å²) < 4.78 is 15.7. The number of benzene rings is 1. The van der Waals surface area contributed by atoms with Crippen LogP contribution in [-0.2, 0) is 4.79 Å². The first-order chi connectivity index (χ1) is 10.6. The summed E-state index contributed by atoms with van der Waals surface area (Å²) in [7, 11) is 4.49. The molecule has 0 aliphatic carbocycles. The zero-order valence-corrected chi connectivity index (χ0v) is 12.8. The summed E-state index contributed by atoms with van der Waals surface area (Å²) >= 11 is 0. The van der Waals surface area contributed by atoms with Crippen molar-refractivity contribution in [3.63, 3.8) is 0 Å². The quantitative estimate of drug-likeness (QED) is 0.473. The fraction of sp³-hybridized carbons (Fsp3) is 0.250. The largest absolute Gasteiger partial charge is 0.493 e. The zero-order valence-electron chi connectivity index (χ0n) is 12.8. The predicted octanol–water partition coefficient (Wildman–Crippen LogP) is 1.92. The topological polar surface area (TPSA) is 80.6 Å². The second-order valence-electron chi connectivity index (χ2n) is 4.13. The molecule has 1 N–H and O–H groups in total. The third kappa shape index (κ3) is 4.03. The number of nitrogens with one attached hydrogen (secondary N) is 1. The average molecular weight is 302 g/mol. The number of nitrogens with zero attached hydrogens (tertiary/aromatic N) is 1. The van der Waals surface area contributed by atoms with Crippen LogP contribution in [0.5, 0.6) is 17.2 Å². The Labute approximate surface area is 129 Å². The maximum absolute atomic E-state index is 11.8. The van der Waals surface area contributed by atoms with Gasteiger partial charge in [0.25, 0.3) is 5.91 Å². The number of nitriles is 1. The summed E-state index contributed by atoms with van der Waals surface area (Å²) in [6.07, 6.45) is 2.98. The second-order valence-corrected chi connectivity index (χ2v) is 4.13. The third-order valence-electron chi connectivity index (χ3n) is 2.77. The molecule has 1 aromatic rings. The molecule has 1 aromatic carbocycles. The van der Waals surface area contributed by atoms with Crippen molar-refractivity contribution in [3.05, 3.63) is 35.9 Å². The average Bonchev–Trinajstić information content (AvgIpc) is 2.56. The molecule has 0 aliphatic heterocycles. The molecule has 6 heteroatoms. The number of hydrogen-bond acceptors (Lipinski definition) is 5. The summed E-state index contributed by atoms with van der Waals surface area (Å²) in [5, 5.41) is 11.7. The van der Waals surface area contributed by atoms with Crippen LogP contribution in [0.3, 0.4) is 0 Å². The van der Waals surface area contributed by atoms with Gasteiger partial charge in [-0.05, 0) is 23.8 Å². The van der Waals surface area contributed by atoms with Crippen LogP contribution >= 0.6 is 0 Å². The highest BCUT2D eigenvalue weighted by molar-refractivity contribution is 6.01. The van der Waals surface area contributed by atoms with Gasteiger partial charge < -0.3 is 19.5 Å². The summed E-state index contributed by atoms with van der Waals surface area (Å²) in [5.41, 5.74) is 0.552. The second kappa shape index (κ2) is 8.37. The van der Waals surface area contributed by atoms with Crippen LogP contribution in [0.2, 0.25) is 0 Å². The molecule has 0 bridgehead atoms. The highest BCUT2D eigenvalue weighted by atomic mass is 16.5. The van der Waals surface area contributed by atoms with Crippen molar-refractivity contribution in [2.75, 3.05) is 27.9 Å². The Balaban J connectivity index is 3.25. The molecular formula is C16H18N2O4. The molecule has 1 amide bonds. The molecule has 0 aromatic heterocycles. The van der Waals surface area contributed by atoms with Crippen LogP contribution < -0.4 is 19.5 Å². The molecule has 116 valence electrons. The number of methoxy groups -OCH3 is 3. The number of amides is 1. The minimum absolute atomic E-state index is 0.0314. The van der Waals surface area contributed by atoms with E-state index in [0.717, 1.165) is 0 Å². The molecule has 0 aliphatic rings. The minimum atomic E-state index is -0.476. The summed E-state index contributed by atoms with van der Waals surface area (Å²) in [6.45, 7) is 3.79. The lowest BCUT2D eigenvalue weighted by molar-refractivity contribution is -0.116. The van der Waals surface area contributed by atoms with Gasteiger partial charge in [-0.25, -0.2) is 0 Å². The van der Waals surface area contributed by atoms with Crippen molar-refractivity contribution in [2.24, 2.45) is 0 Å². The van der Waals surface area contributed by atoms with Crippen molar-refractivity contribution in [1.82, 2.24) is 5.32 Å². The van der Waals surface area contributed by atoms with Crippen LogP contribution in [0, 0.1) is 11.3 Å². The monoisotopic (exact) mass is 302 g/mol. The number of hydrogen-bond donors (Lipinski definition) is 1. The van der Waals surface area contributed by atoms with Gasteiger partial charge in [0.05, 0.1) is 21.3 Å². The fourth-order valence-electron chi connectivity index (χ4n) is 1.76. The SMILES string of the molecule is C=CCNC(=O)/C(C#N)=C/c1cc(OC)c(OC)c(OC)c1.